The Bertz CT molecular complexity index is 606. The number of benzene rings is 2. The fourth-order valence-electron chi connectivity index (χ4n) is 1.96. The molecule has 0 bridgehead atoms. The third-order valence-electron chi connectivity index (χ3n) is 2.92. The van der Waals surface area contributed by atoms with Gasteiger partial charge in [0.2, 0.25) is 0 Å². The Kier molecular flexibility index (Phi) is 3.88. The van der Waals surface area contributed by atoms with Gasteiger partial charge in [-0.2, -0.15) is 13.2 Å². The number of methoxy groups -OCH3 is 2. The van der Waals surface area contributed by atoms with Crippen molar-refractivity contribution in [2.45, 2.75) is 6.18 Å². The van der Waals surface area contributed by atoms with E-state index in [-0.39, 0.29) is 0 Å². The van der Waals surface area contributed by atoms with Gasteiger partial charge in [0.25, 0.3) is 0 Å². The monoisotopic (exact) mass is 282 g/mol. The van der Waals surface area contributed by atoms with Crippen LogP contribution in [0.5, 0.6) is 11.5 Å². The Morgan fingerprint density at radius 1 is 0.800 bits per heavy atom. The fourth-order valence-corrected chi connectivity index (χ4v) is 1.96. The van der Waals surface area contributed by atoms with Crippen LogP contribution in [0.1, 0.15) is 5.56 Å². The third kappa shape index (κ3) is 2.71. The van der Waals surface area contributed by atoms with Gasteiger partial charge in [0.05, 0.1) is 19.8 Å². The van der Waals surface area contributed by atoms with Gasteiger partial charge in [-0.25, -0.2) is 0 Å². The van der Waals surface area contributed by atoms with Crippen molar-refractivity contribution >= 4 is 0 Å². The van der Waals surface area contributed by atoms with E-state index < -0.39 is 11.7 Å². The van der Waals surface area contributed by atoms with Gasteiger partial charge in [-0.3, -0.25) is 0 Å². The molecule has 0 fully saturated rings. The maximum Gasteiger partial charge on any atom is 0.416 e. The Balaban J connectivity index is 2.65. The summed E-state index contributed by atoms with van der Waals surface area (Å²) in [5.41, 5.74) is 0.178. The molecule has 0 atom stereocenters. The maximum absolute atomic E-state index is 12.8. The van der Waals surface area contributed by atoms with Crippen molar-refractivity contribution in [3.8, 4) is 22.6 Å². The van der Waals surface area contributed by atoms with Gasteiger partial charge in [-0.15, -0.1) is 0 Å². The molecular weight excluding hydrogens is 269 g/mol. The molecule has 5 heteroatoms. The highest BCUT2D eigenvalue weighted by Crippen LogP contribution is 2.40. The number of alkyl halides is 3. The summed E-state index contributed by atoms with van der Waals surface area (Å²) in [5, 5.41) is 0. The molecule has 0 aromatic heterocycles. The lowest BCUT2D eigenvalue weighted by Gasteiger charge is -2.15. The first-order chi connectivity index (χ1) is 9.47. The lowest BCUT2D eigenvalue weighted by molar-refractivity contribution is -0.137. The van der Waals surface area contributed by atoms with E-state index in [1.807, 2.05) is 0 Å². The molecule has 0 amide bonds. The van der Waals surface area contributed by atoms with E-state index in [0.717, 1.165) is 12.1 Å². The molecule has 0 unspecified atom stereocenters. The summed E-state index contributed by atoms with van der Waals surface area (Å²) in [6, 6.07) is 10.2. The second-order valence-electron chi connectivity index (χ2n) is 4.11. The van der Waals surface area contributed by atoms with E-state index in [0.29, 0.717) is 22.6 Å². The van der Waals surface area contributed by atoms with Gasteiger partial charge in [-0.05, 0) is 24.3 Å². The minimum Gasteiger partial charge on any atom is -0.496 e. The second-order valence-corrected chi connectivity index (χ2v) is 4.11. The van der Waals surface area contributed by atoms with Gasteiger partial charge in [0.1, 0.15) is 11.5 Å². The summed E-state index contributed by atoms with van der Waals surface area (Å²) >= 11 is 0. The Morgan fingerprint density at radius 2 is 1.40 bits per heavy atom. The topological polar surface area (TPSA) is 18.5 Å². The molecular formula is C15H13F3O2. The highest BCUT2D eigenvalue weighted by atomic mass is 19.4. The summed E-state index contributed by atoms with van der Waals surface area (Å²) in [6.07, 6.45) is -4.40. The molecule has 0 aliphatic carbocycles. The molecule has 2 aromatic rings. The van der Waals surface area contributed by atoms with Crippen LogP contribution >= 0.6 is 0 Å². The Labute approximate surface area is 114 Å². The molecule has 0 saturated heterocycles. The van der Waals surface area contributed by atoms with Crippen LogP contribution in [0.4, 0.5) is 13.2 Å². The SMILES string of the molecule is COc1ccccc1-c1cc(C(F)(F)F)ccc1OC. The molecule has 0 N–H and O–H groups in total. The van der Waals surface area contributed by atoms with Crippen LogP contribution in [-0.4, -0.2) is 14.2 Å². The summed E-state index contributed by atoms with van der Waals surface area (Å²) < 4.78 is 48.8. The van der Waals surface area contributed by atoms with Crippen molar-refractivity contribution in [3.05, 3.63) is 48.0 Å². The standard InChI is InChI=1S/C15H13F3O2/c1-19-13-6-4-3-5-11(13)12-9-10(15(16,17)18)7-8-14(12)20-2/h3-9H,1-2H3. The molecule has 20 heavy (non-hydrogen) atoms. The molecule has 0 saturated carbocycles. The molecule has 106 valence electrons. The lowest BCUT2D eigenvalue weighted by atomic mass is 10.0. The first-order valence-electron chi connectivity index (χ1n) is 5.86. The van der Waals surface area contributed by atoms with E-state index in [1.54, 1.807) is 24.3 Å². The van der Waals surface area contributed by atoms with Crippen molar-refractivity contribution < 1.29 is 22.6 Å². The molecule has 2 rings (SSSR count). The second kappa shape index (κ2) is 5.45. The van der Waals surface area contributed by atoms with Crippen LogP contribution in [0, 0.1) is 0 Å². The van der Waals surface area contributed by atoms with Crippen molar-refractivity contribution in [2.75, 3.05) is 14.2 Å². The van der Waals surface area contributed by atoms with Gasteiger partial charge in [-0.1, -0.05) is 18.2 Å². The molecule has 0 aliphatic heterocycles. The Morgan fingerprint density at radius 3 is 2.00 bits per heavy atom. The molecule has 2 aromatic carbocycles. The number of hydrogen-bond donors (Lipinski definition) is 0. The molecule has 0 heterocycles. The van der Waals surface area contributed by atoms with E-state index in [4.69, 9.17) is 9.47 Å². The highest BCUT2D eigenvalue weighted by Gasteiger charge is 2.31. The van der Waals surface area contributed by atoms with Crippen molar-refractivity contribution in [2.24, 2.45) is 0 Å². The largest absolute Gasteiger partial charge is 0.496 e. The molecule has 0 spiro atoms. The average Bonchev–Trinajstić information content (AvgIpc) is 2.45. The predicted octanol–water partition coefficient (Wildman–Crippen LogP) is 4.39. The number of para-hydroxylation sites is 1. The van der Waals surface area contributed by atoms with Crippen LogP contribution < -0.4 is 9.47 Å². The summed E-state index contributed by atoms with van der Waals surface area (Å²) in [4.78, 5) is 0. The molecule has 0 radical (unpaired) electrons. The van der Waals surface area contributed by atoms with Gasteiger partial charge < -0.3 is 9.47 Å². The fraction of sp³-hybridized carbons (Fsp3) is 0.200. The summed E-state index contributed by atoms with van der Waals surface area (Å²) in [5.74, 6) is 0.854. The number of hydrogen-bond acceptors (Lipinski definition) is 2. The third-order valence-corrected chi connectivity index (χ3v) is 2.92. The predicted molar refractivity (Wildman–Crippen MR) is 70.0 cm³/mol. The summed E-state index contributed by atoms with van der Waals surface area (Å²) in [6.45, 7) is 0. The van der Waals surface area contributed by atoms with E-state index in [1.165, 1.54) is 20.3 Å². The average molecular weight is 282 g/mol. The minimum absolute atomic E-state index is 0.347. The van der Waals surface area contributed by atoms with Gasteiger partial charge >= 0.3 is 6.18 Å². The van der Waals surface area contributed by atoms with Crippen LogP contribution in [0.15, 0.2) is 42.5 Å². The first-order valence-corrected chi connectivity index (χ1v) is 5.86. The normalized spacial score (nSPS) is 11.2. The maximum atomic E-state index is 12.8. The van der Waals surface area contributed by atoms with Gasteiger partial charge in [0.15, 0.2) is 0 Å². The van der Waals surface area contributed by atoms with Crippen LogP contribution in [-0.2, 0) is 6.18 Å². The zero-order chi connectivity index (χ0) is 14.8. The van der Waals surface area contributed by atoms with E-state index in [9.17, 15) is 13.2 Å². The van der Waals surface area contributed by atoms with E-state index in [2.05, 4.69) is 0 Å². The van der Waals surface area contributed by atoms with Crippen LogP contribution in [0.2, 0.25) is 0 Å². The highest BCUT2D eigenvalue weighted by molar-refractivity contribution is 5.76. The number of rotatable bonds is 3. The minimum atomic E-state index is -4.40. The van der Waals surface area contributed by atoms with Crippen molar-refractivity contribution in [1.82, 2.24) is 0 Å². The molecule has 0 aliphatic rings. The zero-order valence-corrected chi connectivity index (χ0v) is 11.0. The first kappa shape index (κ1) is 14.2. The number of halogens is 3. The summed E-state index contributed by atoms with van der Waals surface area (Å²) in [7, 11) is 2.89. The van der Waals surface area contributed by atoms with E-state index >= 15 is 0 Å². The van der Waals surface area contributed by atoms with Gasteiger partial charge in [0, 0.05) is 11.1 Å². The zero-order valence-electron chi connectivity index (χ0n) is 11.0. The van der Waals surface area contributed by atoms with Crippen molar-refractivity contribution in [1.29, 1.82) is 0 Å². The Hall–Kier alpha value is -2.17. The molecule has 2 nitrogen and oxygen atoms in total. The van der Waals surface area contributed by atoms with Crippen molar-refractivity contribution in [3.63, 3.8) is 0 Å². The van der Waals surface area contributed by atoms with Crippen LogP contribution in [0.25, 0.3) is 11.1 Å². The lowest BCUT2D eigenvalue weighted by Crippen LogP contribution is -2.05. The number of ether oxygens (including phenoxy) is 2. The smallest absolute Gasteiger partial charge is 0.416 e. The van der Waals surface area contributed by atoms with Crippen LogP contribution in [0.3, 0.4) is 0 Å². The quantitative estimate of drug-likeness (QED) is 0.831.